The highest BCUT2D eigenvalue weighted by Crippen LogP contribution is 2.23. The summed E-state index contributed by atoms with van der Waals surface area (Å²) < 4.78 is 0. The van der Waals surface area contributed by atoms with E-state index in [1.165, 1.54) is 12.4 Å². The molecule has 0 bridgehead atoms. The number of anilines is 1. The molecule has 2 heterocycles. The third kappa shape index (κ3) is 5.04. The van der Waals surface area contributed by atoms with Crippen molar-refractivity contribution in [2.45, 2.75) is 33.2 Å². The van der Waals surface area contributed by atoms with Gasteiger partial charge >= 0.3 is 0 Å². The molecular formula is C23H24N4O2. The Hall–Kier alpha value is -3.54. The van der Waals surface area contributed by atoms with Gasteiger partial charge in [-0.15, -0.1) is 0 Å². The summed E-state index contributed by atoms with van der Waals surface area (Å²) in [5, 5.41) is 5.82. The molecule has 6 nitrogen and oxygen atoms in total. The van der Waals surface area contributed by atoms with Gasteiger partial charge in [0.05, 0.1) is 11.1 Å². The number of hydrogen-bond acceptors (Lipinski definition) is 4. The molecule has 148 valence electrons. The summed E-state index contributed by atoms with van der Waals surface area (Å²) in [5.74, 6) is -0.575. The van der Waals surface area contributed by atoms with Crippen LogP contribution in [0.5, 0.6) is 0 Å². The molecule has 0 aliphatic rings. The molecule has 2 N–H and O–H groups in total. The van der Waals surface area contributed by atoms with Gasteiger partial charge in [-0.05, 0) is 41.7 Å². The maximum Gasteiger partial charge on any atom is 0.257 e. The molecule has 0 aliphatic carbocycles. The summed E-state index contributed by atoms with van der Waals surface area (Å²) in [6.07, 6.45) is 7.92. The number of pyridine rings is 2. The second-order valence-corrected chi connectivity index (χ2v) is 6.62. The number of benzene rings is 1. The van der Waals surface area contributed by atoms with E-state index in [0.717, 1.165) is 35.2 Å². The molecule has 3 aromatic rings. The first-order valence-corrected chi connectivity index (χ1v) is 9.66. The largest absolute Gasteiger partial charge is 0.348 e. The van der Waals surface area contributed by atoms with E-state index in [1.54, 1.807) is 18.5 Å². The van der Waals surface area contributed by atoms with E-state index in [4.69, 9.17) is 0 Å². The van der Waals surface area contributed by atoms with Crippen LogP contribution in [0.3, 0.4) is 0 Å². The van der Waals surface area contributed by atoms with Gasteiger partial charge in [-0.2, -0.15) is 0 Å². The second kappa shape index (κ2) is 9.59. The zero-order valence-corrected chi connectivity index (χ0v) is 16.6. The molecule has 29 heavy (non-hydrogen) atoms. The van der Waals surface area contributed by atoms with Crippen LogP contribution in [0.4, 0.5) is 5.69 Å². The summed E-state index contributed by atoms with van der Waals surface area (Å²) in [6, 6.07) is 11.3. The van der Waals surface area contributed by atoms with E-state index >= 15 is 0 Å². The lowest BCUT2D eigenvalue weighted by atomic mass is 10.0. The van der Waals surface area contributed by atoms with Crippen molar-refractivity contribution in [3.63, 3.8) is 0 Å². The van der Waals surface area contributed by atoms with E-state index in [2.05, 4.69) is 34.4 Å². The quantitative estimate of drug-likeness (QED) is 0.645. The molecule has 0 fully saturated rings. The van der Waals surface area contributed by atoms with Crippen LogP contribution in [0, 0.1) is 0 Å². The summed E-state index contributed by atoms with van der Waals surface area (Å²) in [4.78, 5) is 33.4. The van der Waals surface area contributed by atoms with Gasteiger partial charge in [-0.1, -0.05) is 38.1 Å². The Morgan fingerprint density at radius 2 is 1.55 bits per heavy atom. The lowest BCUT2D eigenvalue weighted by Gasteiger charge is -2.14. The van der Waals surface area contributed by atoms with Crippen molar-refractivity contribution in [2.24, 2.45) is 0 Å². The van der Waals surface area contributed by atoms with Crippen molar-refractivity contribution < 1.29 is 9.59 Å². The Bertz CT molecular complexity index is 981. The number of carbonyl (C=O) groups is 2. The summed E-state index contributed by atoms with van der Waals surface area (Å²) in [6.45, 7) is 4.46. The number of carbonyl (C=O) groups excluding carboxylic acids is 2. The van der Waals surface area contributed by atoms with Crippen molar-refractivity contribution in [3.05, 3.63) is 89.0 Å². The number of aromatic nitrogens is 2. The molecule has 0 aliphatic heterocycles. The standard InChI is InChI=1S/C23H24N4O2/c1-3-17-8-5-9-18(4-2)21(17)27-23(29)20-11-19(14-25-15-20)22(28)26-13-16-7-6-10-24-12-16/h5-12,14-15H,3-4,13H2,1-2H3,(H,26,28)(H,27,29). The van der Waals surface area contributed by atoms with Crippen LogP contribution >= 0.6 is 0 Å². The van der Waals surface area contributed by atoms with Gasteiger partial charge in [-0.25, -0.2) is 0 Å². The van der Waals surface area contributed by atoms with E-state index in [1.807, 2.05) is 30.3 Å². The van der Waals surface area contributed by atoms with Crippen LogP contribution in [0.25, 0.3) is 0 Å². The van der Waals surface area contributed by atoms with Crippen LogP contribution in [0.15, 0.2) is 61.2 Å². The molecular weight excluding hydrogens is 364 g/mol. The molecule has 0 unspecified atom stereocenters. The van der Waals surface area contributed by atoms with Crippen LogP contribution < -0.4 is 10.6 Å². The second-order valence-electron chi connectivity index (χ2n) is 6.62. The van der Waals surface area contributed by atoms with Crippen molar-refractivity contribution in [2.75, 3.05) is 5.32 Å². The van der Waals surface area contributed by atoms with Crippen LogP contribution in [-0.2, 0) is 19.4 Å². The minimum Gasteiger partial charge on any atom is -0.348 e. The van der Waals surface area contributed by atoms with Crippen LogP contribution in [0.1, 0.15) is 51.3 Å². The first-order chi connectivity index (χ1) is 14.1. The van der Waals surface area contributed by atoms with Crippen LogP contribution in [0.2, 0.25) is 0 Å². The fraction of sp³-hybridized carbons (Fsp3) is 0.217. The normalized spacial score (nSPS) is 10.4. The van der Waals surface area contributed by atoms with Gasteiger partial charge in [-0.3, -0.25) is 19.6 Å². The Labute approximate surface area is 170 Å². The maximum atomic E-state index is 12.8. The summed E-state index contributed by atoms with van der Waals surface area (Å²) in [7, 11) is 0. The molecule has 1 aromatic carbocycles. The number of hydrogen-bond donors (Lipinski definition) is 2. The topological polar surface area (TPSA) is 84.0 Å². The summed E-state index contributed by atoms with van der Waals surface area (Å²) in [5.41, 5.74) is 4.57. The zero-order valence-electron chi connectivity index (χ0n) is 16.6. The third-order valence-corrected chi connectivity index (χ3v) is 4.68. The Morgan fingerprint density at radius 3 is 2.17 bits per heavy atom. The Kier molecular flexibility index (Phi) is 6.68. The van der Waals surface area contributed by atoms with Gasteiger partial charge in [0.2, 0.25) is 0 Å². The smallest absolute Gasteiger partial charge is 0.257 e. The maximum absolute atomic E-state index is 12.8. The first-order valence-electron chi connectivity index (χ1n) is 9.66. The van der Waals surface area contributed by atoms with Crippen molar-refractivity contribution >= 4 is 17.5 Å². The molecule has 2 aromatic heterocycles. The first kappa shape index (κ1) is 20.2. The number of rotatable bonds is 7. The zero-order chi connectivity index (χ0) is 20.6. The van der Waals surface area contributed by atoms with Crippen molar-refractivity contribution in [1.29, 1.82) is 0 Å². The highest BCUT2D eigenvalue weighted by molar-refractivity contribution is 6.06. The fourth-order valence-electron chi connectivity index (χ4n) is 3.06. The average molecular weight is 388 g/mol. The molecule has 0 spiro atoms. The van der Waals surface area contributed by atoms with Crippen LogP contribution in [-0.4, -0.2) is 21.8 Å². The van der Waals surface area contributed by atoms with E-state index < -0.39 is 0 Å². The highest BCUT2D eigenvalue weighted by atomic mass is 16.2. The SMILES string of the molecule is CCc1cccc(CC)c1NC(=O)c1cncc(C(=O)NCc2cccnc2)c1. The number of nitrogens with one attached hydrogen (secondary N) is 2. The highest BCUT2D eigenvalue weighted by Gasteiger charge is 2.14. The Balaban J connectivity index is 1.74. The fourth-order valence-corrected chi connectivity index (χ4v) is 3.06. The van der Waals surface area contributed by atoms with Gasteiger partial charge in [0.15, 0.2) is 0 Å². The van der Waals surface area contributed by atoms with Gasteiger partial charge < -0.3 is 10.6 Å². The summed E-state index contributed by atoms with van der Waals surface area (Å²) >= 11 is 0. The van der Waals surface area contributed by atoms with Gasteiger partial charge in [0.25, 0.3) is 11.8 Å². The van der Waals surface area contributed by atoms with Gasteiger partial charge in [0.1, 0.15) is 0 Å². The van der Waals surface area contributed by atoms with E-state index in [0.29, 0.717) is 17.7 Å². The molecule has 3 rings (SSSR count). The monoisotopic (exact) mass is 388 g/mol. The average Bonchev–Trinajstić information content (AvgIpc) is 2.78. The minimum atomic E-state index is -0.292. The number of aryl methyl sites for hydroxylation is 2. The molecule has 0 atom stereocenters. The number of para-hydroxylation sites is 1. The predicted octanol–water partition coefficient (Wildman–Crippen LogP) is 3.78. The predicted molar refractivity (Wildman–Crippen MR) is 113 cm³/mol. The molecule has 0 radical (unpaired) electrons. The number of amides is 2. The Morgan fingerprint density at radius 1 is 0.862 bits per heavy atom. The number of nitrogens with zero attached hydrogens (tertiary/aromatic N) is 2. The molecule has 6 heteroatoms. The van der Waals surface area contributed by atoms with Gasteiger partial charge in [0, 0.05) is 37.0 Å². The molecule has 0 saturated heterocycles. The van der Waals surface area contributed by atoms with E-state index in [9.17, 15) is 9.59 Å². The molecule has 0 saturated carbocycles. The van der Waals surface area contributed by atoms with Crippen molar-refractivity contribution in [3.8, 4) is 0 Å². The molecule has 2 amide bonds. The van der Waals surface area contributed by atoms with Crippen molar-refractivity contribution in [1.82, 2.24) is 15.3 Å². The minimum absolute atomic E-state index is 0.282. The third-order valence-electron chi connectivity index (χ3n) is 4.68. The lowest BCUT2D eigenvalue weighted by Crippen LogP contribution is -2.24. The lowest BCUT2D eigenvalue weighted by molar-refractivity contribution is 0.0950. The van der Waals surface area contributed by atoms with E-state index in [-0.39, 0.29) is 11.8 Å².